The predicted molar refractivity (Wildman–Crippen MR) is 106 cm³/mol. The van der Waals surface area contributed by atoms with Crippen molar-refractivity contribution in [2.24, 2.45) is 5.92 Å². The lowest BCUT2D eigenvalue weighted by Gasteiger charge is -2.32. The van der Waals surface area contributed by atoms with Crippen LogP contribution < -0.4 is 5.32 Å². The average Bonchev–Trinajstić information content (AvgIpc) is 2.67. The predicted octanol–water partition coefficient (Wildman–Crippen LogP) is 2.46. The van der Waals surface area contributed by atoms with Crippen molar-refractivity contribution >= 4 is 23.4 Å². The largest absolute Gasteiger partial charge is 0.349 e. The van der Waals surface area contributed by atoms with E-state index in [2.05, 4.69) is 11.9 Å². The molecule has 0 saturated carbocycles. The zero-order valence-corrected chi connectivity index (χ0v) is 16.2. The van der Waals surface area contributed by atoms with Crippen molar-refractivity contribution in [3.63, 3.8) is 0 Å². The summed E-state index contributed by atoms with van der Waals surface area (Å²) in [6.45, 7) is 4.89. The lowest BCUT2D eigenvalue weighted by atomic mass is 9.92. The Balaban J connectivity index is 1.74. The molecule has 0 atom stereocenters. The topological polar surface area (TPSA) is 69.7 Å². The summed E-state index contributed by atoms with van der Waals surface area (Å²) in [5, 5.41) is 2.70. The highest BCUT2D eigenvalue weighted by Gasteiger charge is 2.24. The standard InChI is InChI=1S/C21H29N3O3/c1-4-19(25)22-18-8-5-16(6-9-18)7-10-20(26)24-13-11-17(12-14-24)15-21(27)23(2)3/h4-6,8-9,17H,1,7,10-15H2,2-3H3,(H,22,25). The van der Waals surface area contributed by atoms with E-state index < -0.39 is 0 Å². The fourth-order valence-electron chi connectivity index (χ4n) is 3.17. The van der Waals surface area contributed by atoms with Crippen molar-refractivity contribution in [2.45, 2.75) is 32.1 Å². The summed E-state index contributed by atoms with van der Waals surface area (Å²) in [4.78, 5) is 39.1. The summed E-state index contributed by atoms with van der Waals surface area (Å²) in [6, 6.07) is 7.50. The number of hydrogen-bond donors (Lipinski definition) is 1. The highest BCUT2D eigenvalue weighted by molar-refractivity contribution is 5.98. The average molecular weight is 371 g/mol. The van der Waals surface area contributed by atoms with Gasteiger partial charge < -0.3 is 15.1 Å². The number of benzene rings is 1. The monoisotopic (exact) mass is 371 g/mol. The molecule has 0 spiro atoms. The number of piperidine rings is 1. The number of carbonyl (C=O) groups excluding carboxylic acids is 3. The molecular formula is C21H29N3O3. The van der Waals surface area contributed by atoms with Crippen molar-refractivity contribution in [1.82, 2.24) is 9.80 Å². The van der Waals surface area contributed by atoms with Gasteiger partial charge in [0.15, 0.2) is 0 Å². The van der Waals surface area contributed by atoms with Gasteiger partial charge >= 0.3 is 0 Å². The molecule has 0 aromatic heterocycles. The molecule has 0 unspecified atom stereocenters. The molecule has 146 valence electrons. The van der Waals surface area contributed by atoms with Crippen molar-refractivity contribution in [3.05, 3.63) is 42.5 Å². The van der Waals surface area contributed by atoms with Gasteiger partial charge in [0.2, 0.25) is 17.7 Å². The minimum atomic E-state index is -0.242. The Morgan fingerprint density at radius 1 is 1.19 bits per heavy atom. The summed E-state index contributed by atoms with van der Waals surface area (Å²) in [5.41, 5.74) is 1.77. The molecule has 6 nitrogen and oxygen atoms in total. The molecule has 1 fully saturated rings. The van der Waals surface area contributed by atoms with Crippen LogP contribution in [0.2, 0.25) is 0 Å². The Labute approximate surface area is 161 Å². The van der Waals surface area contributed by atoms with E-state index in [4.69, 9.17) is 0 Å². The molecule has 0 bridgehead atoms. The van der Waals surface area contributed by atoms with Crippen molar-refractivity contribution in [1.29, 1.82) is 0 Å². The van der Waals surface area contributed by atoms with E-state index in [-0.39, 0.29) is 17.7 Å². The summed E-state index contributed by atoms with van der Waals surface area (Å²) in [6.07, 6.45) is 4.73. The number of hydrogen-bond acceptors (Lipinski definition) is 3. The fourth-order valence-corrected chi connectivity index (χ4v) is 3.17. The number of nitrogens with one attached hydrogen (secondary N) is 1. The molecule has 6 heteroatoms. The number of amides is 3. The number of aryl methyl sites for hydroxylation is 1. The van der Waals surface area contributed by atoms with Crippen LogP contribution >= 0.6 is 0 Å². The lowest BCUT2D eigenvalue weighted by Crippen LogP contribution is -2.39. The maximum Gasteiger partial charge on any atom is 0.247 e. The Hall–Kier alpha value is -2.63. The second-order valence-corrected chi connectivity index (χ2v) is 7.21. The molecule has 1 aromatic carbocycles. The SMILES string of the molecule is C=CC(=O)Nc1ccc(CCC(=O)N2CCC(CC(=O)N(C)C)CC2)cc1. The van der Waals surface area contributed by atoms with Crippen molar-refractivity contribution in [3.8, 4) is 0 Å². The van der Waals surface area contributed by atoms with Gasteiger partial charge in [-0.3, -0.25) is 14.4 Å². The van der Waals surface area contributed by atoms with Gasteiger partial charge in [-0.2, -0.15) is 0 Å². The molecule has 1 aliphatic heterocycles. The fraction of sp³-hybridized carbons (Fsp3) is 0.476. The molecule has 2 rings (SSSR count). The van der Waals surface area contributed by atoms with Crippen LogP contribution in [-0.2, 0) is 20.8 Å². The molecular weight excluding hydrogens is 342 g/mol. The number of rotatable bonds is 7. The molecule has 0 aliphatic carbocycles. The molecule has 3 amide bonds. The van der Waals surface area contributed by atoms with Gasteiger partial charge in [-0.05, 0) is 49.0 Å². The highest BCUT2D eigenvalue weighted by atomic mass is 16.2. The molecule has 0 radical (unpaired) electrons. The maximum atomic E-state index is 12.4. The molecule has 1 N–H and O–H groups in total. The van der Waals surface area contributed by atoms with Gasteiger partial charge in [-0.25, -0.2) is 0 Å². The summed E-state index contributed by atoms with van der Waals surface area (Å²) < 4.78 is 0. The third-order valence-electron chi connectivity index (χ3n) is 4.96. The Morgan fingerprint density at radius 3 is 2.37 bits per heavy atom. The van der Waals surface area contributed by atoms with Crippen LogP contribution in [0.4, 0.5) is 5.69 Å². The number of carbonyl (C=O) groups is 3. The van der Waals surface area contributed by atoms with E-state index >= 15 is 0 Å². The Bertz CT molecular complexity index is 674. The van der Waals surface area contributed by atoms with E-state index in [1.807, 2.05) is 29.2 Å². The van der Waals surface area contributed by atoms with Gasteiger partial charge in [0.05, 0.1) is 0 Å². The van der Waals surface area contributed by atoms with Crippen molar-refractivity contribution < 1.29 is 14.4 Å². The van der Waals surface area contributed by atoms with Gasteiger partial charge in [0, 0.05) is 45.7 Å². The Kier molecular flexibility index (Phi) is 7.58. The van der Waals surface area contributed by atoms with E-state index in [0.717, 1.165) is 31.5 Å². The third-order valence-corrected chi connectivity index (χ3v) is 4.96. The van der Waals surface area contributed by atoms with Crippen LogP contribution in [0.1, 0.15) is 31.2 Å². The summed E-state index contributed by atoms with van der Waals surface area (Å²) >= 11 is 0. The van der Waals surface area contributed by atoms with Gasteiger partial charge in [-0.1, -0.05) is 18.7 Å². The first-order valence-electron chi connectivity index (χ1n) is 9.39. The summed E-state index contributed by atoms with van der Waals surface area (Å²) in [5.74, 6) is 0.458. The lowest BCUT2D eigenvalue weighted by molar-refractivity contribution is -0.133. The third kappa shape index (κ3) is 6.55. The van der Waals surface area contributed by atoms with Crippen LogP contribution in [0.5, 0.6) is 0 Å². The van der Waals surface area contributed by atoms with Gasteiger partial charge in [0.25, 0.3) is 0 Å². The first-order chi connectivity index (χ1) is 12.9. The van der Waals surface area contributed by atoms with E-state index in [1.165, 1.54) is 6.08 Å². The quantitative estimate of drug-likeness (QED) is 0.749. The second-order valence-electron chi connectivity index (χ2n) is 7.21. The van der Waals surface area contributed by atoms with E-state index in [0.29, 0.717) is 30.9 Å². The minimum Gasteiger partial charge on any atom is -0.349 e. The molecule has 1 saturated heterocycles. The van der Waals surface area contributed by atoms with E-state index in [9.17, 15) is 14.4 Å². The number of nitrogens with zero attached hydrogens (tertiary/aromatic N) is 2. The molecule has 1 aliphatic rings. The Morgan fingerprint density at radius 2 is 1.81 bits per heavy atom. The van der Waals surface area contributed by atoms with Crippen LogP contribution in [-0.4, -0.2) is 54.7 Å². The maximum absolute atomic E-state index is 12.4. The van der Waals surface area contributed by atoms with Crippen molar-refractivity contribution in [2.75, 3.05) is 32.5 Å². The zero-order valence-electron chi connectivity index (χ0n) is 16.2. The normalized spacial score (nSPS) is 14.5. The van der Waals surface area contributed by atoms with Crippen LogP contribution in [0.15, 0.2) is 36.9 Å². The molecule has 1 aromatic rings. The van der Waals surface area contributed by atoms with Gasteiger partial charge in [0.1, 0.15) is 0 Å². The second kappa shape index (κ2) is 9.90. The minimum absolute atomic E-state index is 0.160. The van der Waals surface area contributed by atoms with Crippen LogP contribution in [0.25, 0.3) is 0 Å². The highest BCUT2D eigenvalue weighted by Crippen LogP contribution is 2.22. The first-order valence-corrected chi connectivity index (χ1v) is 9.39. The zero-order chi connectivity index (χ0) is 19.8. The summed E-state index contributed by atoms with van der Waals surface area (Å²) in [7, 11) is 3.56. The number of anilines is 1. The van der Waals surface area contributed by atoms with Crippen LogP contribution in [0, 0.1) is 5.92 Å². The van der Waals surface area contributed by atoms with Gasteiger partial charge in [-0.15, -0.1) is 0 Å². The molecule has 27 heavy (non-hydrogen) atoms. The van der Waals surface area contributed by atoms with Crippen LogP contribution in [0.3, 0.4) is 0 Å². The first kappa shape index (κ1) is 20.7. The number of likely N-dealkylation sites (tertiary alicyclic amines) is 1. The smallest absolute Gasteiger partial charge is 0.247 e. The van der Waals surface area contributed by atoms with E-state index in [1.54, 1.807) is 19.0 Å². The molecule has 1 heterocycles.